The summed E-state index contributed by atoms with van der Waals surface area (Å²) in [5, 5.41) is 0. The molecule has 2 N–H and O–H groups in total. The smallest absolute Gasteiger partial charge is 0.0407 e. The fraction of sp³-hybridized carbons (Fsp3) is 0.538. The predicted molar refractivity (Wildman–Crippen MR) is 64.8 cm³/mol. The first-order valence-electron chi connectivity index (χ1n) is 5.69. The van der Waals surface area contributed by atoms with Crippen LogP contribution < -0.4 is 5.73 Å². The monoisotopic (exact) mass is 204 g/mol. The van der Waals surface area contributed by atoms with Gasteiger partial charge < -0.3 is 5.73 Å². The van der Waals surface area contributed by atoms with Crippen LogP contribution in [0.15, 0.2) is 18.2 Å². The minimum atomic E-state index is 0.149. The molecule has 0 saturated carbocycles. The zero-order valence-electron chi connectivity index (χ0n) is 9.88. The molecule has 0 unspecified atom stereocenters. The van der Waals surface area contributed by atoms with Gasteiger partial charge in [0.1, 0.15) is 0 Å². The summed E-state index contributed by atoms with van der Waals surface area (Å²) in [6.45, 7) is 9.07. The molecule has 0 atom stereocenters. The number of nitrogen functional groups attached to an aromatic ring is 1. The molecule has 0 bridgehead atoms. The van der Waals surface area contributed by atoms with E-state index in [1.165, 1.54) is 11.1 Å². The number of fused-ring (bicyclic) bond motifs is 1. The average molecular weight is 204 g/mol. The number of hydrogen-bond acceptors (Lipinski definition) is 2. The van der Waals surface area contributed by atoms with Gasteiger partial charge in [0, 0.05) is 17.8 Å². The summed E-state index contributed by atoms with van der Waals surface area (Å²) in [4.78, 5) is 2.52. The quantitative estimate of drug-likeness (QED) is 0.712. The Morgan fingerprint density at radius 2 is 2.13 bits per heavy atom. The van der Waals surface area contributed by atoms with Gasteiger partial charge in [-0.15, -0.1) is 0 Å². The van der Waals surface area contributed by atoms with Gasteiger partial charge >= 0.3 is 0 Å². The normalized spacial score (nSPS) is 19.9. The summed E-state index contributed by atoms with van der Waals surface area (Å²) in [6.07, 6.45) is 1.12. The van der Waals surface area contributed by atoms with Crippen molar-refractivity contribution in [1.82, 2.24) is 4.90 Å². The third-order valence-electron chi connectivity index (χ3n) is 3.61. The van der Waals surface area contributed by atoms with Crippen LogP contribution in [0.25, 0.3) is 0 Å². The standard InChI is InChI=1S/C13H20N2/c1-4-15-8-7-10-9-11(14)5-6-12(10)13(15,2)3/h5-6,9H,4,7-8,14H2,1-3H3. The van der Waals surface area contributed by atoms with Crippen molar-refractivity contribution in [3.05, 3.63) is 29.3 Å². The third kappa shape index (κ3) is 1.63. The summed E-state index contributed by atoms with van der Waals surface area (Å²) < 4.78 is 0. The molecule has 1 aromatic carbocycles. The average Bonchev–Trinajstić information content (AvgIpc) is 2.17. The summed E-state index contributed by atoms with van der Waals surface area (Å²) in [7, 11) is 0. The van der Waals surface area contributed by atoms with Crippen molar-refractivity contribution in [2.75, 3.05) is 18.8 Å². The SMILES string of the molecule is CCN1CCc2cc(N)ccc2C1(C)C. The van der Waals surface area contributed by atoms with Crippen molar-refractivity contribution in [3.63, 3.8) is 0 Å². The van der Waals surface area contributed by atoms with Crippen LogP contribution in [0.4, 0.5) is 5.69 Å². The molecule has 0 radical (unpaired) electrons. The van der Waals surface area contributed by atoms with E-state index in [2.05, 4.69) is 37.8 Å². The van der Waals surface area contributed by atoms with Gasteiger partial charge in [0.15, 0.2) is 0 Å². The van der Waals surface area contributed by atoms with Gasteiger partial charge in [0.25, 0.3) is 0 Å². The molecule has 0 saturated heterocycles. The summed E-state index contributed by atoms with van der Waals surface area (Å²) >= 11 is 0. The van der Waals surface area contributed by atoms with Crippen molar-refractivity contribution in [1.29, 1.82) is 0 Å². The van der Waals surface area contributed by atoms with E-state index in [-0.39, 0.29) is 5.54 Å². The van der Waals surface area contributed by atoms with Gasteiger partial charge in [-0.3, -0.25) is 4.90 Å². The topological polar surface area (TPSA) is 29.3 Å². The van der Waals surface area contributed by atoms with Crippen molar-refractivity contribution in [2.24, 2.45) is 0 Å². The Morgan fingerprint density at radius 3 is 2.80 bits per heavy atom. The van der Waals surface area contributed by atoms with Crippen LogP contribution >= 0.6 is 0 Å². The maximum atomic E-state index is 5.82. The number of nitrogens with two attached hydrogens (primary N) is 1. The Hall–Kier alpha value is -1.02. The molecule has 0 aromatic heterocycles. The Labute approximate surface area is 92.1 Å². The van der Waals surface area contributed by atoms with E-state index in [4.69, 9.17) is 5.73 Å². The number of hydrogen-bond donors (Lipinski definition) is 1. The number of rotatable bonds is 1. The van der Waals surface area contributed by atoms with Crippen LogP contribution in [-0.4, -0.2) is 18.0 Å². The number of likely N-dealkylation sites (N-methyl/N-ethyl adjacent to an activating group) is 1. The van der Waals surface area contributed by atoms with Crippen molar-refractivity contribution < 1.29 is 0 Å². The molecular formula is C13H20N2. The fourth-order valence-corrected chi connectivity index (χ4v) is 2.68. The van der Waals surface area contributed by atoms with E-state index in [0.29, 0.717) is 0 Å². The highest BCUT2D eigenvalue weighted by Crippen LogP contribution is 2.35. The lowest BCUT2D eigenvalue weighted by Gasteiger charge is -2.43. The van der Waals surface area contributed by atoms with Crippen LogP contribution in [-0.2, 0) is 12.0 Å². The first-order chi connectivity index (χ1) is 7.05. The zero-order chi connectivity index (χ0) is 11.1. The van der Waals surface area contributed by atoms with Gasteiger partial charge in [0.05, 0.1) is 0 Å². The molecule has 0 amide bonds. The van der Waals surface area contributed by atoms with Gasteiger partial charge in [-0.1, -0.05) is 13.0 Å². The van der Waals surface area contributed by atoms with E-state index in [9.17, 15) is 0 Å². The number of anilines is 1. The van der Waals surface area contributed by atoms with Gasteiger partial charge in [0.2, 0.25) is 0 Å². The maximum absolute atomic E-state index is 5.82. The molecule has 1 aliphatic rings. The van der Waals surface area contributed by atoms with E-state index < -0.39 is 0 Å². The second kappa shape index (κ2) is 3.53. The minimum Gasteiger partial charge on any atom is -0.399 e. The number of nitrogens with zero attached hydrogens (tertiary/aromatic N) is 1. The third-order valence-corrected chi connectivity index (χ3v) is 3.61. The first kappa shape index (κ1) is 10.5. The molecule has 1 aliphatic heterocycles. The molecule has 1 heterocycles. The Kier molecular flexibility index (Phi) is 2.47. The lowest BCUT2D eigenvalue weighted by Crippen LogP contribution is -2.46. The highest BCUT2D eigenvalue weighted by atomic mass is 15.2. The molecule has 2 nitrogen and oxygen atoms in total. The van der Waals surface area contributed by atoms with Crippen molar-refractivity contribution >= 4 is 5.69 Å². The van der Waals surface area contributed by atoms with E-state index in [1.54, 1.807) is 0 Å². The Bertz CT molecular complexity index is 369. The number of benzene rings is 1. The molecule has 82 valence electrons. The maximum Gasteiger partial charge on any atom is 0.0407 e. The van der Waals surface area contributed by atoms with Crippen LogP contribution in [0.1, 0.15) is 31.9 Å². The van der Waals surface area contributed by atoms with Gasteiger partial charge in [-0.2, -0.15) is 0 Å². The highest BCUT2D eigenvalue weighted by Gasteiger charge is 2.32. The predicted octanol–water partition coefficient (Wildman–Crippen LogP) is 2.38. The molecular weight excluding hydrogens is 184 g/mol. The Balaban J connectivity index is 2.47. The summed E-state index contributed by atoms with van der Waals surface area (Å²) in [6, 6.07) is 6.33. The first-order valence-corrected chi connectivity index (χ1v) is 5.69. The molecule has 0 spiro atoms. The lowest BCUT2D eigenvalue weighted by molar-refractivity contribution is 0.115. The van der Waals surface area contributed by atoms with E-state index in [1.807, 2.05) is 6.07 Å². The minimum absolute atomic E-state index is 0.149. The van der Waals surface area contributed by atoms with Crippen LogP contribution in [0.5, 0.6) is 0 Å². The zero-order valence-corrected chi connectivity index (χ0v) is 9.88. The molecule has 2 heteroatoms. The van der Waals surface area contributed by atoms with Crippen molar-refractivity contribution in [3.8, 4) is 0 Å². The second-order valence-electron chi connectivity index (χ2n) is 4.81. The Morgan fingerprint density at radius 1 is 1.40 bits per heavy atom. The fourth-order valence-electron chi connectivity index (χ4n) is 2.68. The van der Waals surface area contributed by atoms with Crippen LogP contribution in [0, 0.1) is 0 Å². The van der Waals surface area contributed by atoms with E-state index in [0.717, 1.165) is 25.2 Å². The molecule has 15 heavy (non-hydrogen) atoms. The van der Waals surface area contributed by atoms with Gasteiger partial charge in [-0.05, 0) is 50.1 Å². The molecule has 2 rings (SSSR count). The summed E-state index contributed by atoms with van der Waals surface area (Å²) in [5.41, 5.74) is 9.71. The van der Waals surface area contributed by atoms with Crippen LogP contribution in [0.2, 0.25) is 0 Å². The largest absolute Gasteiger partial charge is 0.399 e. The van der Waals surface area contributed by atoms with Crippen LogP contribution in [0.3, 0.4) is 0 Å². The van der Waals surface area contributed by atoms with E-state index >= 15 is 0 Å². The molecule has 0 fully saturated rings. The van der Waals surface area contributed by atoms with Crippen molar-refractivity contribution in [2.45, 2.75) is 32.7 Å². The molecule has 0 aliphatic carbocycles. The second-order valence-corrected chi connectivity index (χ2v) is 4.81. The highest BCUT2D eigenvalue weighted by molar-refractivity contribution is 5.48. The summed E-state index contributed by atoms with van der Waals surface area (Å²) in [5.74, 6) is 0. The van der Waals surface area contributed by atoms with Gasteiger partial charge in [-0.25, -0.2) is 0 Å². The molecule has 1 aromatic rings. The lowest BCUT2D eigenvalue weighted by atomic mass is 9.83.